The van der Waals surface area contributed by atoms with Gasteiger partial charge in [0.15, 0.2) is 30.9 Å². The number of benzene rings is 2. The number of carbonyl (C=O) groups is 4. The predicted molar refractivity (Wildman–Crippen MR) is 165 cm³/mol. The minimum absolute atomic E-state index is 0.122. The summed E-state index contributed by atoms with van der Waals surface area (Å²) in [5.74, 6) is -1.65. The standard InChI is InChI=1S/C34H40O14/c1-19(35)43-30-29(48-33(38)22-9-13-24(40-4)14-10-22)27(47-34(42-6)31(30)44-20(2)36)16-15-25-26(17-18-28(41-5)45-25)46-32(37)21-7-11-23(39-3)12-8-21/h7-14,17-18,25-31,34H,15-16H2,1-6H3/t25-,26+,27+,28+,29+,30-,31-,34-/m0/s1. The maximum absolute atomic E-state index is 13.4. The van der Waals surface area contributed by atoms with Gasteiger partial charge in [-0.1, -0.05) is 0 Å². The summed E-state index contributed by atoms with van der Waals surface area (Å²) in [4.78, 5) is 50.8. The van der Waals surface area contributed by atoms with Gasteiger partial charge in [-0.2, -0.15) is 0 Å². The topological polar surface area (TPSA) is 161 Å². The Bertz CT molecular complexity index is 1420. The van der Waals surface area contributed by atoms with Crippen LogP contribution in [-0.2, 0) is 47.5 Å². The third kappa shape index (κ3) is 9.31. The molecule has 260 valence electrons. The lowest BCUT2D eigenvalue weighted by Crippen LogP contribution is -2.61. The largest absolute Gasteiger partial charge is 0.497 e. The Morgan fingerprint density at radius 1 is 0.583 bits per heavy atom. The molecule has 0 unspecified atom stereocenters. The van der Waals surface area contributed by atoms with Crippen LogP contribution in [0.3, 0.4) is 0 Å². The summed E-state index contributed by atoms with van der Waals surface area (Å²) in [5.41, 5.74) is 0.491. The van der Waals surface area contributed by atoms with Gasteiger partial charge < -0.3 is 47.4 Å². The first-order valence-corrected chi connectivity index (χ1v) is 15.2. The molecular weight excluding hydrogens is 632 g/mol. The summed E-state index contributed by atoms with van der Waals surface area (Å²) in [6.45, 7) is 2.35. The Morgan fingerprint density at radius 3 is 1.60 bits per heavy atom. The number of rotatable bonds is 13. The molecule has 2 aliphatic rings. The van der Waals surface area contributed by atoms with Crippen molar-refractivity contribution < 1.29 is 66.5 Å². The zero-order valence-corrected chi connectivity index (χ0v) is 27.5. The third-order valence-corrected chi connectivity index (χ3v) is 7.67. The first kappa shape index (κ1) is 36.3. The fourth-order valence-corrected chi connectivity index (χ4v) is 5.35. The van der Waals surface area contributed by atoms with Gasteiger partial charge in [-0.15, -0.1) is 0 Å². The van der Waals surface area contributed by atoms with Crippen LogP contribution in [0.1, 0.15) is 47.4 Å². The van der Waals surface area contributed by atoms with E-state index in [1.54, 1.807) is 48.6 Å². The number of hydrogen-bond donors (Lipinski definition) is 0. The lowest BCUT2D eigenvalue weighted by atomic mass is 9.92. The van der Waals surface area contributed by atoms with Gasteiger partial charge in [-0.25, -0.2) is 9.59 Å². The molecule has 0 N–H and O–H groups in total. The van der Waals surface area contributed by atoms with Gasteiger partial charge in [0.2, 0.25) is 0 Å². The van der Waals surface area contributed by atoms with Crippen molar-refractivity contribution in [3.63, 3.8) is 0 Å². The second-order valence-electron chi connectivity index (χ2n) is 10.9. The van der Waals surface area contributed by atoms with Gasteiger partial charge >= 0.3 is 23.9 Å². The molecule has 14 nitrogen and oxygen atoms in total. The van der Waals surface area contributed by atoms with Gasteiger partial charge in [0.1, 0.15) is 29.8 Å². The first-order chi connectivity index (χ1) is 23.1. The van der Waals surface area contributed by atoms with Crippen molar-refractivity contribution in [3.8, 4) is 11.5 Å². The van der Waals surface area contributed by atoms with Crippen LogP contribution >= 0.6 is 0 Å². The van der Waals surface area contributed by atoms with Crippen LogP contribution in [0.2, 0.25) is 0 Å². The zero-order chi connectivity index (χ0) is 34.8. The quantitative estimate of drug-likeness (QED) is 0.173. The highest BCUT2D eigenvalue weighted by atomic mass is 16.7. The zero-order valence-electron chi connectivity index (χ0n) is 27.5. The summed E-state index contributed by atoms with van der Waals surface area (Å²) in [6, 6.07) is 12.7. The van der Waals surface area contributed by atoms with E-state index in [0.29, 0.717) is 17.1 Å². The highest BCUT2D eigenvalue weighted by Gasteiger charge is 2.52. The molecule has 4 rings (SSSR count). The SMILES string of the molecule is COc1ccc(C(=O)O[C@H]2[C@H](OC(C)=O)[C@H](OC(C)=O)[C@@H](OC)O[C@@H]2CC[C@@H]2O[C@@H](OC)C=C[C@H]2OC(=O)c2ccc(OC)cc2)cc1. The normalized spacial score (nSPS) is 26.5. The Kier molecular flexibility index (Phi) is 12.9. The maximum Gasteiger partial charge on any atom is 0.338 e. The Morgan fingerprint density at radius 2 is 1.10 bits per heavy atom. The van der Waals surface area contributed by atoms with E-state index >= 15 is 0 Å². The van der Waals surface area contributed by atoms with E-state index in [2.05, 4.69) is 0 Å². The van der Waals surface area contributed by atoms with E-state index in [9.17, 15) is 19.2 Å². The second kappa shape index (κ2) is 17.1. The average molecular weight is 673 g/mol. The highest BCUT2D eigenvalue weighted by molar-refractivity contribution is 5.90. The minimum atomic E-state index is -1.31. The molecule has 0 aromatic heterocycles. The number of ether oxygens (including phenoxy) is 10. The van der Waals surface area contributed by atoms with Gasteiger partial charge in [0.25, 0.3) is 0 Å². The van der Waals surface area contributed by atoms with E-state index in [4.69, 9.17) is 47.4 Å². The lowest BCUT2D eigenvalue weighted by Gasteiger charge is -2.44. The summed E-state index contributed by atoms with van der Waals surface area (Å²) >= 11 is 0. The Balaban J connectivity index is 1.60. The van der Waals surface area contributed by atoms with Crippen LogP contribution in [0.4, 0.5) is 0 Å². The summed E-state index contributed by atoms with van der Waals surface area (Å²) < 4.78 is 56.2. The van der Waals surface area contributed by atoms with Gasteiger partial charge in [-0.3, -0.25) is 9.59 Å². The smallest absolute Gasteiger partial charge is 0.338 e. The van der Waals surface area contributed by atoms with Crippen LogP contribution < -0.4 is 9.47 Å². The molecule has 1 fully saturated rings. The monoisotopic (exact) mass is 672 g/mol. The minimum Gasteiger partial charge on any atom is -0.497 e. The van der Waals surface area contributed by atoms with Crippen LogP contribution in [0.5, 0.6) is 11.5 Å². The summed E-state index contributed by atoms with van der Waals surface area (Å²) in [5, 5.41) is 0. The molecule has 0 amide bonds. The molecule has 2 heterocycles. The van der Waals surface area contributed by atoms with E-state index in [1.807, 2.05) is 0 Å². The summed E-state index contributed by atoms with van der Waals surface area (Å²) in [7, 11) is 5.82. The molecule has 14 heteroatoms. The molecule has 0 spiro atoms. The molecule has 0 bridgehead atoms. The molecule has 48 heavy (non-hydrogen) atoms. The second-order valence-corrected chi connectivity index (χ2v) is 10.9. The van der Waals surface area contributed by atoms with Crippen LogP contribution in [0.15, 0.2) is 60.7 Å². The first-order valence-electron chi connectivity index (χ1n) is 15.2. The molecular formula is C34H40O14. The molecule has 2 aliphatic heterocycles. The fourth-order valence-electron chi connectivity index (χ4n) is 5.35. The van der Waals surface area contributed by atoms with Gasteiger partial charge in [0, 0.05) is 28.1 Å². The number of methoxy groups -OCH3 is 4. The molecule has 8 atom stereocenters. The number of hydrogen-bond acceptors (Lipinski definition) is 14. The Hall–Kier alpha value is -4.50. The molecule has 2 aromatic rings. The van der Waals surface area contributed by atoms with Crippen molar-refractivity contribution in [2.24, 2.45) is 0 Å². The van der Waals surface area contributed by atoms with Gasteiger partial charge in [0.05, 0.1) is 25.3 Å². The van der Waals surface area contributed by atoms with Crippen molar-refractivity contribution in [2.75, 3.05) is 28.4 Å². The van der Waals surface area contributed by atoms with Crippen LogP contribution in [0.25, 0.3) is 0 Å². The van der Waals surface area contributed by atoms with Crippen LogP contribution in [0, 0.1) is 0 Å². The Labute approximate surface area is 278 Å². The van der Waals surface area contributed by atoms with Crippen molar-refractivity contribution in [3.05, 3.63) is 71.8 Å². The van der Waals surface area contributed by atoms with Gasteiger partial charge in [-0.05, 0) is 73.5 Å². The van der Waals surface area contributed by atoms with E-state index in [0.717, 1.165) is 0 Å². The lowest BCUT2D eigenvalue weighted by molar-refractivity contribution is -0.297. The van der Waals surface area contributed by atoms with E-state index in [1.165, 1.54) is 54.4 Å². The van der Waals surface area contributed by atoms with Crippen molar-refractivity contribution >= 4 is 23.9 Å². The van der Waals surface area contributed by atoms with E-state index in [-0.39, 0.29) is 18.4 Å². The van der Waals surface area contributed by atoms with Crippen LogP contribution in [-0.4, -0.2) is 102 Å². The van der Waals surface area contributed by atoms with Crippen molar-refractivity contribution in [1.29, 1.82) is 0 Å². The third-order valence-electron chi connectivity index (χ3n) is 7.67. The van der Waals surface area contributed by atoms with Crippen molar-refractivity contribution in [2.45, 2.75) is 75.9 Å². The fraction of sp³-hybridized carbons (Fsp3) is 0.471. The molecule has 0 radical (unpaired) electrons. The highest BCUT2D eigenvalue weighted by Crippen LogP contribution is 2.33. The van der Waals surface area contributed by atoms with E-state index < -0.39 is 73.1 Å². The predicted octanol–water partition coefficient (Wildman–Crippen LogP) is 3.40. The summed E-state index contributed by atoms with van der Waals surface area (Å²) in [6.07, 6.45) is -4.69. The maximum atomic E-state index is 13.4. The molecule has 1 saturated heterocycles. The molecule has 2 aromatic carbocycles. The average Bonchev–Trinajstić information content (AvgIpc) is 3.09. The molecule has 0 saturated carbocycles. The number of esters is 4. The molecule has 0 aliphatic carbocycles. The van der Waals surface area contributed by atoms with Crippen molar-refractivity contribution in [1.82, 2.24) is 0 Å². The number of carbonyl (C=O) groups excluding carboxylic acids is 4.